The van der Waals surface area contributed by atoms with Crippen LogP contribution in [0.2, 0.25) is 0 Å². The number of hydrogen-bond donors (Lipinski definition) is 2. The maximum absolute atomic E-state index is 12.1. The molecule has 8 heteroatoms. The fourth-order valence-electron chi connectivity index (χ4n) is 2.84. The molecule has 1 saturated heterocycles. The van der Waals surface area contributed by atoms with Crippen molar-refractivity contribution in [2.45, 2.75) is 37.4 Å². The van der Waals surface area contributed by atoms with Crippen molar-refractivity contribution in [2.75, 3.05) is 25.4 Å². The van der Waals surface area contributed by atoms with Gasteiger partial charge >= 0.3 is 0 Å². The molecular formula is C16H23N5O2S. The smallest absolute Gasteiger partial charge is 0.230 e. The zero-order chi connectivity index (χ0) is 16.8. The van der Waals surface area contributed by atoms with Gasteiger partial charge in [0.25, 0.3) is 0 Å². The van der Waals surface area contributed by atoms with Crippen LogP contribution in [0.4, 0.5) is 0 Å². The molecule has 0 bridgehead atoms. The molecule has 1 unspecified atom stereocenters. The van der Waals surface area contributed by atoms with Crippen molar-refractivity contribution in [3.63, 3.8) is 0 Å². The Hall–Kier alpha value is -1.80. The van der Waals surface area contributed by atoms with Crippen molar-refractivity contribution >= 4 is 17.7 Å². The second kappa shape index (κ2) is 8.34. The number of aromatic amines is 1. The summed E-state index contributed by atoms with van der Waals surface area (Å²) in [4.78, 5) is 18.8. The highest BCUT2D eigenvalue weighted by molar-refractivity contribution is 7.99. The number of H-pyrrole nitrogens is 1. The third kappa shape index (κ3) is 4.39. The van der Waals surface area contributed by atoms with Gasteiger partial charge in [-0.15, -0.1) is 5.10 Å². The lowest BCUT2D eigenvalue weighted by atomic mass is 10.2. The van der Waals surface area contributed by atoms with Crippen molar-refractivity contribution in [3.8, 4) is 0 Å². The molecule has 0 aliphatic carbocycles. The van der Waals surface area contributed by atoms with Crippen LogP contribution in [0.15, 0.2) is 28.0 Å². The molecule has 2 aromatic heterocycles. The lowest BCUT2D eigenvalue weighted by Crippen LogP contribution is -2.37. The molecule has 24 heavy (non-hydrogen) atoms. The van der Waals surface area contributed by atoms with Crippen LogP contribution in [0, 0.1) is 0 Å². The van der Waals surface area contributed by atoms with Crippen LogP contribution in [0.1, 0.15) is 37.4 Å². The number of carbonyl (C=O) groups excluding carboxylic acids is 1. The molecule has 0 saturated carbocycles. The molecule has 1 atom stereocenters. The number of aryl methyl sites for hydroxylation is 1. The lowest BCUT2D eigenvalue weighted by Gasteiger charge is -2.25. The average Bonchev–Trinajstić information content (AvgIpc) is 3.34. The van der Waals surface area contributed by atoms with E-state index in [2.05, 4.69) is 25.4 Å². The van der Waals surface area contributed by atoms with Crippen molar-refractivity contribution in [1.82, 2.24) is 25.4 Å². The number of hydrogen-bond acceptors (Lipinski definition) is 6. The van der Waals surface area contributed by atoms with Gasteiger partial charge in [-0.05, 0) is 38.1 Å². The third-order valence-electron chi connectivity index (χ3n) is 4.12. The fourth-order valence-corrected chi connectivity index (χ4v) is 3.48. The molecule has 1 aliphatic rings. The Morgan fingerprint density at radius 1 is 1.50 bits per heavy atom. The van der Waals surface area contributed by atoms with Crippen LogP contribution in [0.3, 0.4) is 0 Å². The Morgan fingerprint density at radius 3 is 3.00 bits per heavy atom. The van der Waals surface area contributed by atoms with Gasteiger partial charge in [0.1, 0.15) is 11.6 Å². The lowest BCUT2D eigenvalue weighted by molar-refractivity contribution is -0.118. The minimum Gasteiger partial charge on any atom is -0.468 e. The minimum atomic E-state index is -0.0152. The summed E-state index contributed by atoms with van der Waals surface area (Å²) in [5, 5.41) is 10.6. The second-order valence-electron chi connectivity index (χ2n) is 5.79. The van der Waals surface area contributed by atoms with Crippen LogP contribution in [-0.4, -0.2) is 51.4 Å². The van der Waals surface area contributed by atoms with E-state index in [4.69, 9.17) is 4.42 Å². The molecule has 0 radical (unpaired) electrons. The van der Waals surface area contributed by atoms with Crippen LogP contribution in [-0.2, 0) is 11.2 Å². The maximum Gasteiger partial charge on any atom is 0.230 e. The van der Waals surface area contributed by atoms with Gasteiger partial charge < -0.3 is 9.73 Å². The van der Waals surface area contributed by atoms with Crippen LogP contribution < -0.4 is 5.32 Å². The van der Waals surface area contributed by atoms with Crippen molar-refractivity contribution < 1.29 is 9.21 Å². The van der Waals surface area contributed by atoms with E-state index in [9.17, 15) is 4.79 Å². The Kier molecular flexibility index (Phi) is 5.92. The summed E-state index contributed by atoms with van der Waals surface area (Å²) >= 11 is 1.34. The Balaban J connectivity index is 1.49. The largest absolute Gasteiger partial charge is 0.468 e. The summed E-state index contributed by atoms with van der Waals surface area (Å²) in [7, 11) is 0. The van der Waals surface area contributed by atoms with E-state index in [1.165, 1.54) is 24.6 Å². The van der Waals surface area contributed by atoms with E-state index < -0.39 is 0 Å². The number of nitrogens with one attached hydrogen (secondary N) is 2. The molecule has 1 fully saturated rings. The summed E-state index contributed by atoms with van der Waals surface area (Å²) in [6.07, 6.45) is 4.89. The number of aromatic nitrogens is 3. The second-order valence-corrected chi connectivity index (χ2v) is 6.73. The molecule has 1 amide bonds. The minimum absolute atomic E-state index is 0.0152. The summed E-state index contributed by atoms with van der Waals surface area (Å²) in [6, 6.07) is 3.97. The molecule has 3 rings (SSSR count). The quantitative estimate of drug-likeness (QED) is 0.709. The first-order valence-electron chi connectivity index (χ1n) is 8.34. The maximum atomic E-state index is 12.1. The molecule has 0 spiro atoms. The highest BCUT2D eigenvalue weighted by atomic mass is 32.2. The molecular weight excluding hydrogens is 326 g/mol. The summed E-state index contributed by atoms with van der Waals surface area (Å²) < 4.78 is 5.56. The number of thioether (sulfide) groups is 1. The van der Waals surface area contributed by atoms with Crippen LogP contribution in [0.25, 0.3) is 0 Å². The molecule has 2 aromatic rings. The summed E-state index contributed by atoms with van der Waals surface area (Å²) in [6.45, 7) is 4.66. The number of rotatable bonds is 8. The predicted molar refractivity (Wildman–Crippen MR) is 91.8 cm³/mol. The highest BCUT2D eigenvalue weighted by Gasteiger charge is 2.25. The first-order valence-corrected chi connectivity index (χ1v) is 9.33. The van der Waals surface area contributed by atoms with Gasteiger partial charge in [-0.2, -0.15) is 0 Å². The van der Waals surface area contributed by atoms with E-state index in [1.54, 1.807) is 6.26 Å². The Morgan fingerprint density at radius 2 is 2.33 bits per heavy atom. The van der Waals surface area contributed by atoms with Gasteiger partial charge in [0.05, 0.1) is 18.1 Å². The topological polar surface area (TPSA) is 87.1 Å². The molecule has 2 N–H and O–H groups in total. The number of carbonyl (C=O) groups is 1. The van der Waals surface area contributed by atoms with E-state index in [0.29, 0.717) is 17.5 Å². The third-order valence-corrected chi connectivity index (χ3v) is 4.97. The van der Waals surface area contributed by atoms with E-state index in [-0.39, 0.29) is 11.9 Å². The molecule has 0 aromatic carbocycles. The molecule has 130 valence electrons. The van der Waals surface area contributed by atoms with Gasteiger partial charge in [-0.25, -0.2) is 4.98 Å². The van der Waals surface area contributed by atoms with Gasteiger partial charge in [0, 0.05) is 13.0 Å². The molecule has 3 heterocycles. The van der Waals surface area contributed by atoms with Gasteiger partial charge in [0.2, 0.25) is 11.1 Å². The van der Waals surface area contributed by atoms with Gasteiger partial charge in [-0.1, -0.05) is 18.7 Å². The average molecular weight is 349 g/mol. The zero-order valence-electron chi connectivity index (χ0n) is 13.8. The van der Waals surface area contributed by atoms with Crippen molar-refractivity contribution in [2.24, 2.45) is 0 Å². The fraction of sp³-hybridized carbons (Fsp3) is 0.562. The molecule has 1 aliphatic heterocycles. The van der Waals surface area contributed by atoms with Crippen LogP contribution >= 0.6 is 11.8 Å². The van der Waals surface area contributed by atoms with Crippen LogP contribution in [0.5, 0.6) is 0 Å². The van der Waals surface area contributed by atoms with Gasteiger partial charge in [-0.3, -0.25) is 14.8 Å². The summed E-state index contributed by atoms with van der Waals surface area (Å²) in [5.41, 5.74) is 0. The van der Waals surface area contributed by atoms with Crippen molar-refractivity contribution in [1.29, 1.82) is 0 Å². The van der Waals surface area contributed by atoms with E-state index in [0.717, 1.165) is 31.1 Å². The Bertz CT molecular complexity index is 637. The number of nitrogens with zero attached hydrogens (tertiary/aromatic N) is 3. The number of likely N-dealkylation sites (tertiary alicyclic amines) is 1. The predicted octanol–water partition coefficient (Wildman–Crippen LogP) is 2.01. The van der Waals surface area contributed by atoms with E-state index in [1.807, 2.05) is 19.1 Å². The number of amides is 1. The first-order chi connectivity index (χ1) is 11.8. The van der Waals surface area contributed by atoms with Crippen molar-refractivity contribution in [3.05, 3.63) is 30.0 Å². The monoisotopic (exact) mass is 349 g/mol. The SMILES string of the molecule is CCc1nc(SCC(=O)NCC(c2ccco2)N2CCCC2)n[nH]1. The first kappa shape index (κ1) is 17.0. The highest BCUT2D eigenvalue weighted by Crippen LogP contribution is 2.25. The Labute approximate surface area is 145 Å². The zero-order valence-corrected chi connectivity index (χ0v) is 14.6. The van der Waals surface area contributed by atoms with Gasteiger partial charge in [0.15, 0.2) is 0 Å². The normalized spacial score (nSPS) is 16.4. The standard InChI is InChI=1S/C16H23N5O2S/c1-2-14-18-16(20-19-14)24-11-15(22)17-10-12(13-6-5-9-23-13)21-7-3-4-8-21/h5-6,9,12H,2-4,7-8,10-11H2,1H3,(H,17,22)(H,18,19,20). The molecule has 7 nitrogen and oxygen atoms in total. The summed E-state index contributed by atoms with van der Waals surface area (Å²) in [5.74, 6) is 2.04. The van der Waals surface area contributed by atoms with E-state index >= 15 is 0 Å². The number of furan rings is 1.